The summed E-state index contributed by atoms with van der Waals surface area (Å²) in [5, 5.41) is 19.8. The predicted molar refractivity (Wildman–Crippen MR) is 102 cm³/mol. The highest BCUT2D eigenvalue weighted by molar-refractivity contribution is 9.10. The number of carbonyl (C=O) groups excluding carboxylic acids is 2. The number of hydrogen-bond donors (Lipinski definition) is 3. The van der Waals surface area contributed by atoms with Crippen LogP contribution in [-0.2, 0) is 0 Å². The van der Waals surface area contributed by atoms with E-state index < -0.39 is 17.3 Å². The van der Waals surface area contributed by atoms with E-state index in [0.29, 0.717) is 10.2 Å². The van der Waals surface area contributed by atoms with Gasteiger partial charge in [-0.1, -0.05) is 28.1 Å². The van der Waals surface area contributed by atoms with E-state index in [9.17, 15) is 19.8 Å². The van der Waals surface area contributed by atoms with E-state index in [0.717, 1.165) is 0 Å². The number of rotatable bonds is 2. The van der Waals surface area contributed by atoms with Gasteiger partial charge in [-0.25, -0.2) is 0 Å². The number of carbonyl (C=O) groups is 2. The van der Waals surface area contributed by atoms with E-state index in [1.54, 1.807) is 12.1 Å². The number of hydrogen-bond acceptors (Lipinski definition) is 6. The summed E-state index contributed by atoms with van der Waals surface area (Å²) in [5.41, 5.74) is 6.25. The molecule has 1 aliphatic carbocycles. The van der Waals surface area contributed by atoms with Gasteiger partial charge in [0.1, 0.15) is 17.2 Å². The van der Waals surface area contributed by atoms with Crippen molar-refractivity contribution in [1.82, 2.24) is 0 Å². The summed E-state index contributed by atoms with van der Waals surface area (Å²) in [5.74, 6) is -0.912. The summed E-state index contributed by atoms with van der Waals surface area (Å²) in [6.45, 7) is 0. The maximum atomic E-state index is 13.0. The van der Waals surface area contributed by atoms with Crippen LogP contribution in [0, 0.1) is 0 Å². The quantitative estimate of drug-likeness (QED) is 0.330. The van der Waals surface area contributed by atoms with Crippen molar-refractivity contribution in [3.8, 4) is 23.0 Å². The maximum Gasteiger partial charge on any atom is 0.199 e. The highest BCUT2D eigenvalue weighted by atomic mass is 79.9. The Morgan fingerprint density at radius 2 is 1.59 bits per heavy atom. The molecule has 0 unspecified atom stereocenters. The first-order valence-electron chi connectivity index (χ1n) is 7.88. The molecular formula is C20H12BrNO5. The average Bonchev–Trinajstić information content (AvgIpc) is 2.64. The van der Waals surface area contributed by atoms with Gasteiger partial charge in [0.05, 0.1) is 16.8 Å². The molecule has 3 aromatic rings. The van der Waals surface area contributed by atoms with Crippen LogP contribution in [0.5, 0.6) is 23.0 Å². The topological polar surface area (TPSA) is 110 Å². The van der Waals surface area contributed by atoms with Gasteiger partial charge >= 0.3 is 0 Å². The Morgan fingerprint density at radius 1 is 0.889 bits per heavy atom. The smallest absolute Gasteiger partial charge is 0.199 e. The average molecular weight is 426 g/mol. The summed E-state index contributed by atoms with van der Waals surface area (Å²) in [4.78, 5) is 25.9. The minimum absolute atomic E-state index is 0.0385. The third-order valence-corrected chi connectivity index (χ3v) is 4.97. The molecule has 0 aromatic heterocycles. The molecule has 0 saturated heterocycles. The molecule has 0 radical (unpaired) electrons. The lowest BCUT2D eigenvalue weighted by molar-refractivity contribution is 0.0976. The standard InChI is InChI=1S/C20H12BrNO5/c21-12-3-1-2-11-15(12)20(26)16-13(24)8-14(18(22)17(16)19(11)25)27-10-6-4-9(23)5-7-10/h1-8,23-24H,22H2. The molecule has 6 nitrogen and oxygen atoms in total. The van der Waals surface area contributed by atoms with Gasteiger partial charge in [-0.2, -0.15) is 0 Å². The van der Waals surface area contributed by atoms with E-state index in [4.69, 9.17) is 10.5 Å². The molecule has 0 saturated carbocycles. The van der Waals surface area contributed by atoms with Crippen molar-refractivity contribution in [3.05, 3.63) is 75.3 Å². The number of nitrogen functional groups attached to an aromatic ring is 1. The number of phenolic OH excluding ortho intramolecular Hbond substituents is 2. The molecule has 4 N–H and O–H groups in total. The fourth-order valence-corrected chi connectivity index (χ4v) is 3.60. The summed E-state index contributed by atoms with van der Waals surface area (Å²) >= 11 is 3.28. The zero-order valence-electron chi connectivity index (χ0n) is 13.7. The van der Waals surface area contributed by atoms with Crippen LogP contribution in [-0.4, -0.2) is 21.8 Å². The van der Waals surface area contributed by atoms with Crippen molar-refractivity contribution in [2.75, 3.05) is 5.73 Å². The zero-order valence-corrected chi connectivity index (χ0v) is 15.3. The van der Waals surface area contributed by atoms with Gasteiger partial charge in [0, 0.05) is 21.7 Å². The number of aromatic hydroxyl groups is 2. The summed E-state index contributed by atoms with van der Waals surface area (Å²) in [6.07, 6.45) is 0. The number of nitrogens with two attached hydrogens (primary N) is 1. The van der Waals surface area contributed by atoms with Crippen molar-refractivity contribution in [2.45, 2.75) is 0 Å². The Balaban J connectivity index is 1.88. The molecule has 0 heterocycles. The Bertz CT molecular complexity index is 1120. The van der Waals surface area contributed by atoms with Crippen LogP contribution in [0.1, 0.15) is 31.8 Å². The van der Waals surface area contributed by atoms with Gasteiger partial charge < -0.3 is 20.7 Å². The number of ketones is 2. The van der Waals surface area contributed by atoms with Crippen LogP contribution in [0.3, 0.4) is 0 Å². The van der Waals surface area contributed by atoms with Crippen LogP contribution < -0.4 is 10.5 Å². The number of halogens is 1. The van der Waals surface area contributed by atoms with E-state index in [2.05, 4.69) is 15.9 Å². The van der Waals surface area contributed by atoms with Gasteiger partial charge in [0.25, 0.3) is 0 Å². The number of anilines is 1. The Kier molecular flexibility index (Phi) is 3.89. The minimum Gasteiger partial charge on any atom is -0.508 e. The maximum absolute atomic E-state index is 13.0. The van der Waals surface area contributed by atoms with Gasteiger partial charge in [-0.05, 0) is 30.3 Å². The molecule has 7 heteroatoms. The van der Waals surface area contributed by atoms with Gasteiger partial charge in [-0.15, -0.1) is 0 Å². The second kappa shape index (κ2) is 6.14. The fourth-order valence-electron chi connectivity index (χ4n) is 3.06. The van der Waals surface area contributed by atoms with Crippen LogP contribution in [0.2, 0.25) is 0 Å². The first-order valence-corrected chi connectivity index (χ1v) is 8.68. The normalized spacial score (nSPS) is 12.5. The van der Waals surface area contributed by atoms with Crippen molar-refractivity contribution in [3.63, 3.8) is 0 Å². The molecule has 0 amide bonds. The van der Waals surface area contributed by atoms with Crippen molar-refractivity contribution >= 4 is 33.2 Å². The minimum atomic E-state index is -0.493. The molecular weight excluding hydrogens is 414 g/mol. The Morgan fingerprint density at radius 3 is 2.30 bits per heavy atom. The zero-order chi connectivity index (χ0) is 19.3. The van der Waals surface area contributed by atoms with E-state index in [-0.39, 0.29) is 39.4 Å². The summed E-state index contributed by atoms with van der Waals surface area (Å²) in [7, 11) is 0. The molecule has 134 valence electrons. The predicted octanol–water partition coefficient (Wildman–Crippen LogP) is 4.01. The number of phenols is 2. The molecule has 0 atom stereocenters. The number of ether oxygens (including phenoxy) is 1. The molecule has 27 heavy (non-hydrogen) atoms. The second-order valence-electron chi connectivity index (χ2n) is 5.97. The van der Waals surface area contributed by atoms with Crippen molar-refractivity contribution < 1.29 is 24.5 Å². The first kappa shape index (κ1) is 17.1. The van der Waals surface area contributed by atoms with Crippen LogP contribution in [0.25, 0.3) is 0 Å². The van der Waals surface area contributed by atoms with Crippen LogP contribution in [0.15, 0.2) is 53.0 Å². The molecule has 3 aromatic carbocycles. The van der Waals surface area contributed by atoms with Crippen LogP contribution >= 0.6 is 15.9 Å². The third-order valence-electron chi connectivity index (χ3n) is 4.31. The molecule has 0 fully saturated rings. The number of fused-ring (bicyclic) bond motifs is 2. The molecule has 0 aliphatic heterocycles. The molecule has 1 aliphatic rings. The molecule has 0 spiro atoms. The number of benzene rings is 3. The van der Waals surface area contributed by atoms with E-state index in [1.165, 1.54) is 36.4 Å². The highest BCUT2D eigenvalue weighted by Crippen LogP contribution is 2.43. The molecule has 4 rings (SSSR count). The second-order valence-corrected chi connectivity index (χ2v) is 6.83. The lowest BCUT2D eigenvalue weighted by Crippen LogP contribution is -2.23. The van der Waals surface area contributed by atoms with Gasteiger partial charge in [0.15, 0.2) is 17.3 Å². The van der Waals surface area contributed by atoms with Crippen LogP contribution in [0.4, 0.5) is 5.69 Å². The lowest BCUT2D eigenvalue weighted by atomic mass is 9.82. The van der Waals surface area contributed by atoms with E-state index >= 15 is 0 Å². The molecule has 0 bridgehead atoms. The summed E-state index contributed by atoms with van der Waals surface area (Å²) in [6, 6.07) is 11.9. The third kappa shape index (κ3) is 2.63. The first-order chi connectivity index (χ1) is 12.9. The SMILES string of the molecule is Nc1c(Oc2ccc(O)cc2)cc(O)c2c1C(=O)c1cccc(Br)c1C2=O. The highest BCUT2D eigenvalue weighted by Gasteiger charge is 2.36. The fraction of sp³-hybridized carbons (Fsp3) is 0. The van der Waals surface area contributed by atoms with Crippen molar-refractivity contribution in [2.24, 2.45) is 0 Å². The van der Waals surface area contributed by atoms with Gasteiger partial charge in [-0.3, -0.25) is 9.59 Å². The monoisotopic (exact) mass is 425 g/mol. The van der Waals surface area contributed by atoms with Gasteiger partial charge in [0.2, 0.25) is 0 Å². The lowest BCUT2D eigenvalue weighted by Gasteiger charge is -2.22. The Labute approximate surface area is 162 Å². The summed E-state index contributed by atoms with van der Waals surface area (Å²) < 4.78 is 6.10. The van der Waals surface area contributed by atoms with Crippen molar-refractivity contribution in [1.29, 1.82) is 0 Å². The Hall–Kier alpha value is -3.32. The van der Waals surface area contributed by atoms with E-state index in [1.807, 2.05) is 0 Å². The largest absolute Gasteiger partial charge is 0.508 e.